The van der Waals surface area contributed by atoms with E-state index in [0.29, 0.717) is 6.04 Å². The van der Waals surface area contributed by atoms with Crippen molar-refractivity contribution >= 4 is 0 Å². The molecule has 1 aliphatic heterocycles. The second-order valence-corrected chi connectivity index (χ2v) is 4.15. The van der Waals surface area contributed by atoms with Crippen molar-refractivity contribution in [3.63, 3.8) is 0 Å². The lowest BCUT2D eigenvalue weighted by molar-refractivity contribution is 0.368. The fourth-order valence-corrected chi connectivity index (χ4v) is 1.94. The molecule has 2 rings (SSSR count). The summed E-state index contributed by atoms with van der Waals surface area (Å²) < 4.78 is 0. The van der Waals surface area contributed by atoms with Crippen LogP contribution < -0.4 is 10.6 Å². The number of nitrogens with zero attached hydrogens (tertiary/aromatic N) is 2. The van der Waals surface area contributed by atoms with Crippen molar-refractivity contribution in [1.29, 1.82) is 0 Å². The van der Waals surface area contributed by atoms with Gasteiger partial charge in [0.15, 0.2) is 0 Å². The minimum Gasteiger partial charge on any atom is -0.313 e. The van der Waals surface area contributed by atoms with Crippen LogP contribution in [-0.2, 0) is 0 Å². The summed E-state index contributed by atoms with van der Waals surface area (Å²) in [4.78, 5) is 4.13. The van der Waals surface area contributed by atoms with Crippen molar-refractivity contribution in [2.45, 2.75) is 38.3 Å². The van der Waals surface area contributed by atoms with Crippen LogP contribution in [0.15, 0.2) is 6.33 Å². The van der Waals surface area contributed by atoms with Crippen LogP contribution in [0.25, 0.3) is 0 Å². The van der Waals surface area contributed by atoms with E-state index in [4.69, 9.17) is 0 Å². The average molecular weight is 209 g/mol. The second kappa shape index (κ2) is 5.23. The zero-order chi connectivity index (χ0) is 10.5. The third kappa shape index (κ3) is 3.00. The third-order valence-corrected chi connectivity index (χ3v) is 2.93. The molecule has 0 spiro atoms. The smallest absolute Gasteiger partial charge is 0.141 e. The highest BCUT2D eigenvalue weighted by atomic mass is 15.2. The van der Waals surface area contributed by atoms with Crippen molar-refractivity contribution in [2.24, 2.45) is 0 Å². The summed E-state index contributed by atoms with van der Waals surface area (Å²) in [6.45, 7) is 4.26. The fourth-order valence-electron chi connectivity index (χ4n) is 1.94. The molecule has 1 saturated heterocycles. The Morgan fingerprint density at radius 2 is 2.53 bits per heavy atom. The van der Waals surface area contributed by atoms with E-state index in [-0.39, 0.29) is 6.04 Å². The highest BCUT2D eigenvalue weighted by Crippen LogP contribution is 2.08. The van der Waals surface area contributed by atoms with E-state index < -0.39 is 0 Å². The number of hydrogen-bond donors (Lipinski definition) is 3. The molecule has 2 unspecified atom stereocenters. The molecule has 0 aliphatic carbocycles. The molecule has 0 aromatic carbocycles. The summed E-state index contributed by atoms with van der Waals surface area (Å²) in [5.74, 6) is 0.908. The van der Waals surface area contributed by atoms with Crippen LogP contribution in [0.4, 0.5) is 0 Å². The first kappa shape index (κ1) is 10.6. The predicted molar refractivity (Wildman–Crippen MR) is 58.4 cm³/mol. The van der Waals surface area contributed by atoms with E-state index in [9.17, 15) is 0 Å². The summed E-state index contributed by atoms with van der Waals surface area (Å²) in [5.41, 5.74) is 0. The van der Waals surface area contributed by atoms with E-state index in [1.165, 1.54) is 19.3 Å². The fraction of sp³-hybridized carbons (Fsp3) is 0.800. The molecule has 84 valence electrons. The van der Waals surface area contributed by atoms with E-state index in [1.807, 2.05) is 0 Å². The summed E-state index contributed by atoms with van der Waals surface area (Å²) in [6.07, 6.45) is 5.48. The molecule has 2 heterocycles. The van der Waals surface area contributed by atoms with Gasteiger partial charge in [-0.25, -0.2) is 4.98 Å². The van der Waals surface area contributed by atoms with Gasteiger partial charge < -0.3 is 10.6 Å². The third-order valence-electron chi connectivity index (χ3n) is 2.93. The van der Waals surface area contributed by atoms with Gasteiger partial charge in [-0.15, -0.1) is 0 Å². The first-order valence-electron chi connectivity index (χ1n) is 5.68. The maximum Gasteiger partial charge on any atom is 0.141 e. The van der Waals surface area contributed by atoms with Gasteiger partial charge in [0.1, 0.15) is 12.2 Å². The molecule has 2 atom stereocenters. The van der Waals surface area contributed by atoms with Crippen LogP contribution in [0.2, 0.25) is 0 Å². The SMILES string of the molecule is CC(NCC1CCCCN1)c1ncn[nH]1. The van der Waals surface area contributed by atoms with E-state index in [0.717, 1.165) is 18.9 Å². The Labute approximate surface area is 90.1 Å². The number of nitrogens with one attached hydrogen (secondary N) is 3. The van der Waals surface area contributed by atoms with Crippen molar-refractivity contribution in [3.8, 4) is 0 Å². The van der Waals surface area contributed by atoms with Gasteiger partial charge in [-0.1, -0.05) is 6.42 Å². The van der Waals surface area contributed by atoms with Gasteiger partial charge in [0.05, 0.1) is 6.04 Å². The zero-order valence-corrected chi connectivity index (χ0v) is 9.16. The molecular weight excluding hydrogens is 190 g/mol. The van der Waals surface area contributed by atoms with Crippen LogP contribution in [-0.4, -0.2) is 34.3 Å². The van der Waals surface area contributed by atoms with Gasteiger partial charge in [-0.2, -0.15) is 5.10 Å². The predicted octanol–water partition coefficient (Wildman–Crippen LogP) is 0.597. The molecule has 1 fully saturated rings. The van der Waals surface area contributed by atoms with Gasteiger partial charge in [-0.3, -0.25) is 5.10 Å². The van der Waals surface area contributed by atoms with Gasteiger partial charge in [0.2, 0.25) is 0 Å². The maximum absolute atomic E-state index is 4.13. The minimum absolute atomic E-state index is 0.247. The molecule has 1 aliphatic rings. The Hall–Kier alpha value is -0.940. The van der Waals surface area contributed by atoms with Crippen LogP contribution in [0.1, 0.15) is 38.1 Å². The Bertz CT molecular complexity index is 265. The average Bonchev–Trinajstić information content (AvgIpc) is 2.81. The van der Waals surface area contributed by atoms with Crippen LogP contribution >= 0.6 is 0 Å². The topological polar surface area (TPSA) is 65.6 Å². The standard InChI is InChI=1S/C10H19N5/c1-8(10-13-7-14-15-10)12-6-9-4-2-3-5-11-9/h7-9,11-12H,2-6H2,1H3,(H,13,14,15). The molecule has 5 heteroatoms. The number of aromatic amines is 1. The first-order valence-corrected chi connectivity index (χ1v) is 5.68. The minimum atomic E-state index is 0.247. The van der Waals surface area contributed by atoms with Crippen LogP contribution in [0.5, 0.6) is 0 Å². The molecule has 0 bridgehead atoms. The largest absolute Gasteiger partial charge is 0.313 e. The number of piperidine rings is 1. The normalized spacial score (nSPS) is 23.9. The molecule has 5 nitrogen and oxygen atoms in total. The summed E-state index contributed by atoms with van der Waals surface area (Å²) in [5, 5.41) is 13.7. The Morgan fingerprint density at radius 3 is 3.20 bits per heavy atom. The number of H-pyrrole nitrogens is 1. The van der Waals surface area contributed by atoms with Gasteiger partial charge >= 0.3 is 0 Å². The maximum atomic E-state index is 4.13. The lowest BCUT2D eigenvalue weighted by Crippen LogP contribution is -2.42. The Balaban J connectivity index is 1.73. The van der Waals surface area contributed by atoms with Gasteiger partial charge in [-0.05, 0) is 26.3 Å². The van der Waals surface area contributed by atoms with Crippen molar-refractivity contribution in [2.75, 3.05) is 13.1 Å². The van der Waals surface area contributed by atoms with Crippen molar-refractivity contribution in [3.05, 3.63) is 12.2 Å². The number of hydrogen-bond acceptors (Lipinski definition) is 4. The van der Waals surface area contributed by atoms with E-state index in [1.54, 1.807) is 6.33 Å². The molecule has 15 heavy (non-hydrogen) atoms. The second-order valence-electron chi connectivity index (χ2n) is 4.15. The summed E-state index contributed by atoms with van der Waals surface area (Å²) in [6, 6.07) is 0.861. The molecule has 1 aromatic heterocycles. The lowest BCUT2D eigenvalue weighted by Gasteiger charge is -2.24. The Kier molecular flexibility index (Phi) is 3.69. The molecule has 3 N–H and O–H groups in total. The summed E-state index contributed by atoms with van der Waals surface area (Å²) >= 11 is 0. The van der Waals surface area contributed by atoms with E-state index >= 15 is 0 Å². The highest BCUT2D eigenvalue weighted by molar-refractivity contribution is 4.89. The van der Waals surface area contributed by atoms with Crippen LogP contribution in [0, 0.1) is 0 Å². The molecular formula is C10H19N5. The Morgan fingerprint density at radius 1 is 1.60 bits per heavy atom. The molecule has 0 amide bonds. The molecule has 0 radical (unpaired) electrons. The van der Waals surface area contributed by atoms with Gasteiger partial charge in [0, 0.05) is 12.6 Å². The number of aromatic nitrogens is 3. The van der Waals surface area contributed by atoms with E-state index in [2.05, 4.69) is 32.7 Å². The monoisotopic (exact) mass is 209 g/mol. The van der Waals surface area contributed by atoms with Crippen molar-refractivity contribution in [1.82, 2.24) is 25.8 Å². The molecule has 0 saturated carbocycles. The van der Waals surface area contributed by atoms with Crippen LogP contribution in [0.3, 0.4) is 0 Å². The quantitative estimate of drug-likeness (QED) is 0.679. The highest BCUT2D eigenvalue weighted by Gasteiger charge is 2.14. The number of rotatable bonds is 4. The zero-order valence-electron chi connectivity index (χ0n) is 9.16. The van der Waals surface area contributed by atoms with Crippen molar-refractivity contribution < 1.29 is 0 Å². The first-order chi connectivity index (χ1) is 7.36. The lowest BCUT2D eigenvalue weighted by atomic mass is 10.0. The van der Waals surface area contributed by atoms with Gasteiger partial charge in [0.25, 0.3) is 0 Å². The molecule has 1 aromatic rings. The summed E-state index contributed by atoms with van der Waals surface area (Å²) in [7, 11) is 0.